The van der Waals surface area contributed by atoms with E-state index in [1.54, 1.807) is 18.2 Å². The summed E-state index contributed by atoms with van der Waals surface area (Å²) in [4.78, 5) is 36.3. The number of aromatic nitrogens is 3. The number of aromatic hydroxyl groups is 1. The van der Waals surface area contributed by atoms with Crippen molar-refractivity contribution in [1.82, 2.24) is 20.6 Å². The molecule has 1 atom stereocenters. The number of hydrogen-bond acceptors (Lipinski definition) is 8. The highest BCUT2D eigenvalue weighted by atomic mass is 16.5. The Morgan fingerprint density at radius 2 is 2.20 bits per heavy atom. The largest absolute Gasteiger partial charge is 0.504 e. The van der Waals surface area contributed by atoms with Gasteiger partial charge in [0.05, 0.1) is 13.3 Å². The number of hydrogen-bond donors (Lipinski definition) is 5. The van der Waals surface area contributed by atoms with Crippen LogP contribution in [0.3, 0.4) is 0 Å². The quantitative estimate of drug-likeness (QED) is 0.334. The van der Waals surface area contributed by atoms with Gasteiger partial charge in [0.15, 0.2) is 11.5 Å². The molecule has 0 spiro atoms. The molecule has 11 heteroatoms. The lowest BCUT2D eigenvalue weighted by atomic mass is 10.2. The highest BCUT2D eigenvalue weighted by molar-refractivity contribution is 5.88. The van der Waals surface area contributed by atoms with Crippen molar-refractivity contribution in [1.29, 1.82) is 0 Å². The molecule has 0 saturated carbocycles. The Kier molecular flexibility index (Phi) is 5.50. The lowest BCUT2D eigenvalue weighted by Crippen LogP contribution is -2.38. The van der Waals surface area contributed by atoms with Gasteiger partial charge >= 0.3 is 5.69 Å². The van der Waals surface area contributed by atoms with E-state index in [1.165, 1.54) is 20.2 Å². The van der Waals surface area contributed by atoms with Crippen LogP contribution in [0.4, 0.5) is 5.82 Å². The minimum Gasteiger partial charge on any atom is -0.504 e. The van der Waals surface area contributed by atoms with Gasteiger partial charge in [-0.15, -0.1) is 5.10 Å². The number of phenolic OH excluding ortho intramolecular Hbond substituents is 1. The van der Waals surface area contributed by atoms with E-state index in [2.05, 4.69) is 20.9 Å². The highest BCUT2D eigenvalue weighted by Gasteiger charge is 2.14. The SMILES string of the molecule is COc1cccc(C=NNC(=O)C(C)Nc2n[nH]c(=O)[nH]c2=O)c1O. The van der Waals surface area contributed by atoms with Crippen LogP contribution in [0.2, 0.25) is 0 Å². The summed E-state index contributed by atoms with van der Waals surface area (Å²) in [6.45, 7) is 1.47. The molecule has 0 saturated heterocycles. The van der Waals surface area contributed by atoms with Crippen LogP contribution in [0.25, 0.3) is 0 Å². The van der Waals surface area contributed by atoms with Gasteiger partial charge in [-0.2, -0.15) is 5.10 Å². The summed E-state index contributed by atoms with van der Waals surface area (Å²) in [5, 5.41) is 21.7. The van der Waals surface area contributed by atoms with Crippen LogP contribution in [-0.4, -0.2) is 45.6 Å². The summed E-state index contributed by atoms with van der Waals surface area (Å²) in [5.41, 5.74) is 1.09. The fourth-order valence-corrected chi connectivity index (χ4v) is 1.79. The second-order valence-corrected chi connectivity index (χ2v) is 4.85. The lowest BCUT2D eigenvalue weighted by Gasteiger charge is -2.11. The number of nitrogens with one attached hydrogen (secondary N) is 4. The number of carbonyl (C=O) groups is 1. The first-order valence-corrected chi connectivity index (χ1v) is 7.06. The fourth-order valence-electron chi connectivity index (χ4n) is 1.79. The first-order valence-electron chi connectivity index (χ1n) is 7.06. The zero-order valence-corrected chi connectivity index (χ0v) is 13.4. The molecule has 1 unspecified atom stereocenters. The van der Waals surface area contributed by atoms with Crippen molar-refractivity contribution in [2.45, 2.75) is 13.0 Å². The van der Waals surface area contributed by atoms with Gasteiger partial charge in [0.1, 0.15) is 6.04 Å². The standard InChI is InChI=1S/C14H16N6O5/c1-7(16-11-13(23)17-14(24)20-18-11)12(22)19-15-6-8-4-3-5-9(25-2)10(8)21/h3-7,21H,1-2H3,(H,16,18)(H,19,22)(H2,17,20,23,24). The minimum atomic E-state index is -0.865. The number of para-hydroxylation sites is 1. The van der Waals surface area contributed by atoms with Crippen molar-refractivity contribution in [3.8, 4) is 11.5 Å². The zero-order valence-electron chi connectivity index (χ0n) is 13.4. The molecule has 1 amide bonds. The average Bonchev–Trinajstić information content (AvgIpc) is 2.58. The number of anilines is 1. The van der Waals surface area contributed by atoms with E-state index in [-0.39, 0.29) is 17.3 Å². The molecule has 0 aliphatic rings. The van der Waals surface area contributed by atoms with Crippen molar-refractivity contribution in [3.05, 3.63) is 44.6 Å². The lowest BCUT2D eigenvalue weighted by molar-refractivity contribution is -0.121. The molecule has 11 nitrogen and oxygen atoms in total. The van der Waals surface area contributed by atoms with Crippen LogP contribution in [0.1, 0.15) is 12.5 Å². The Bertz CT molecular complexity index is 903. The van der Waals surface area contributed by atoms with E-state index in [1.807, 2.05) is 10.1 Å². The number of aromatic amines is 2. The molecule has 0 radical (unpaired) electrons. The number of phenols is 1. The summed E-state index contributed by atoms with van der Waals surface area (Å²) >= 11 is 0. The number of methoxy groups -OCH3 is 1. The predicted octanol–water partition coefficient (Wildman–Crippen LogP) is -0.877. The van der Waals surface area contributed by atoms with Crippen molar-refractivity contribution in [2.24, 2.45) is 5.10 Å². The number of carbonyl (C=O) groups excluding carboxylic acids is 1. The molecule has 0 bridgehead atoms. The van der Waals surface area contributed by atoms with Crippen molar-refractivity contribution < 1.29 is 14.6 Å². The minimum absolute atomic E-state index is 0.113. The van der Waals surface area contributed by atoms with Gasteiger partial charge < -0.3 is 15.2 Å². The molecule has 0 fully saturated rings. The molecule has 1 aromatic heterocycles. The van der Waals surface area contributed by atoms with Gasteiger partial charge in [0.25, 0.3) is 11.5 Å². The normalized spacial score (nSPS) is 11.9. The number of hydrazone groups is 1. The molecule has 1 heterocycles. The van der Waals surface area contributed by atoms with E-state index >= 15 is 0 Å². The molecular weight excluding hydrogens is 332 g/mol. The molecule has 132 valence electrons. The summed E-state index contributed by atoms with van der Waals surface area (Å²) < 4.78 is 4.96. The highest BCUT2D eigenvalue weighted by Crippen LogP contribution is 2.27. The molecule has 25 heavy (non-hydrogen) atoms. The molecule has 1 aromatic carbocycles. The third-order valence-corrected chi connectivity index (χ3v) is 3.09. The number of nitrogens with zero attached hydrogens (tertiary/aromatic N) is 2. The first-order chi connectivity index (χ1) is 11.9. The average molecular weight is 348 g/mol. The van der Waals surface area contributed by atoms with Crippen LogP contribution in [0, 0.1) is 0 Å². The van der Waals surface area contributed by atoms with Gasteiger partial charge in [0, 0.05) is 5.56 Å². The Morgan fingerprint density at radius 3 is 2.88 bits per heavy atom. The number of H-pyrrole nitrogens is 2. The molecule has 2 aromatic rings. The monoisotopic (exact) mass is 348 g/mol. The zero-order chi connectivity index (χ0) is 18.4. The predicted molar refractivity (Wildman–Crippen MR) is 89.0 cm³/mol. The summed E-state index contributed by atoms with van der Waals surface area (Å²) in [5.74, 6) is -0.616. The van der Waals surface area contributed by atoms with E-state index in [0.29, 0.717) is 5.56 Å². The van der Waals surface area contributed by atoms with Crippen LogP contribution in [-0.2, 0) is 4.79 Å². The smallest absolute Gasteiger partial charge is 0.342 e. The summed E-state index contributed by atoms with van der Waals surface area (Å²) in [6, 6.07) is 3.95. The maximum Gasteiger partial charge on any atom is 0.342 e. The Balaban J connectivity index is 1.99. The van der Waals surface area contributed by atoms with E-state index in [9.17, 15) is 19.5 Å². The Morgan fingerprint density at radius 1 is 1.44 bits per heavy atom. The third-order valence-electron chi connectivity index (χ3n) is 3.09. The van der Waals surface area contributed by atoms with E-state index < -0.39 is 23.2 Å². The van der Waals surface area contributed by atoms with E-state index in [4.69, 9.17) is 4.74 Å². The maximum absolute atomic E-state index is 11.9. The van der Waals surface area contributed by atoms with Crippen molar-refractivity contribution >= 4 is 17.9 Å². The van der Waals surface area contributed by atoms with Gasteiger partial charge in [-0.25, -0.2) is 15.3 Å². The van der Waals surface area contributed by atoms with Crippen LogP contribution >= 0.6 is 0 Å². The molecule has 0 aliphatic carbocycles. The van der Waals surface area contributed by atoms with Crippen LogP contribution in [0.15, 0.2) is 32.9 Å². The molecule has 5 N–H and O–H groups in total. The maximum atomic E-state index is 11.9. The number of amides is 1. The topological polar surface area (TPSA) is 162 Å². The Hall–Kier alpha value is -3.63. The summed E-state index contributed by atoms with van der Waals surface area (Å²) in [6.07, 6.45) is 1.24. The molecular formula is C14H16N6O5. The number of benzene rings is 1. The van der Waals surface area contributed by atoms with E-state index in [0.717, 1.165) is 0 Å². The van der Waals surface area contributed by atoms with Gasteiger partial charge in [0.2, 0.25) is 5.82 Å². The van der Waals surface area contributed by atoms with Gasteiger partial charge in [-0.3, -0.25) is 14.6 Å². The van der Waals surface area contributed by atoms with Crippen molar-refractivity contribution in [3.63, 3.8) is 0 Å². The molecule has 0 aliphatic heterocycles. The Labute approximate surface area is 140 Å². The second-order valence-electron chi connectivity index (χ2n) is 4.85. The van der Waals surface area contributed by atoms with Crippen LogP contribution in [0.5, 0.6) is 11.5 Å². The molecule has 2 rings (SSSR count). The van der Waals surface area contributed by atoms with Crippen LogP contribution < -0.4 is 26.7 Å². The third kappa shape index (κ3) is 4.43. The first kappa shape index (κ1) is 17.7. The number of rotatable bonds is 6. The van der Waals surface area contributed by atoms with Crippen molar-refractivity contribution in [2.75, 3.05) is 12.4 Å². The van der Waals surface area contributed by atoms with Gasteiger partial charge in [-0.1, -0.05) is 6.07 Å². The second kappa shape index (κ2) is 7.77. The summed E-state index contributed by atoms with van der Waals surface area (Å²) in [7, 11) is 1.41. The van der Waals surface area contributed by atoms with Gasteiger partial charge in [-0.05, 0) is 19.1 Å². The number of ether oxygens (including phenoxy) is 1. The fraction of sp³-hybridized carbons (Fsp3) is 0.214.